The van der Waals surface area contributed by atoms with E-state index in [2.05, 4.69) is 263 Å². The Labute approximate surface area is 591 Å². The van der Waals surface area contributed by atoms with Crippen LogP contribution in [-0.2, 0) is 89.6 Å². The molecule has 0 spiro atoms. The second-order valence-corrected chi connectivity index (χ2v) is 35.6. The highest BCUT2D eigenvalue weighted by Gasteiger charge is 2.26. The molecule has 526 valence electrons. The Hall–Kier alpha value is -7.68. The normalized spacial score (nSPS) is 13.1. The Balaban J connectivity index is 1.14. The standard InChI is InChI=1S/C90H118O8/c1-26-82(91)66-27-29-75(30-28-66)92-56-63-39-80(97-57-64-41-76(93-52-59-31-67(83(2,3)4)45-68(32-59)84(5,6)7)49-77(42-64)94-53-60-33-69(85(8,9)10)46-70(34-60)86(11,12)13)51-81(40-63)98-58-65-43-78(95-54-61-35-71(87(14,15)16)47-72(36-61)88(17,18)19)50-79(44-65)96-55-62-37-73(89(20,21)22)48-74(38-62)90(23,24)25/h27-51,82,91H,26,52-58H2,1-25H3/t82-/m1/s1. The first kappa shape index (κ1) is 76.1. The Bertz CT molecular complexity index is 3440. The molecule has 8 aromatic rings. The number of ether oxygens (including phenoxy) is 7. The van der Waals surface area contributed by atoms with Gasteiger partial charge in [-0.3, -0.25) is 0 Å². The summed E-state index contributed by atoms with van der Waals surface area (Å²) in [7, 11) is 0. The molecule has 0 saturated carbocycles. The third kappa shape index (κ3) is 21.9. The third-order valence-electron chi connectivity index (χ3n) is 18.2. The fourth-order valence-corrected chi connectivity index (χ4v) is 11.4. The first-order chi connectivity index (χ1) is 45.3. The number of hydrogen-bond donors (Lipinski definition) is 1. The number of aliphatic hydroxyl groups is 1. The smallest absolute Gasteiger partial charge is 0.123 e. The van der Waals surface area contributed by atoms with Crippen molar-refractivity contribution in [3.05, 3.63) is 241 Å². The molecule has 0 fully saturated rings. The molecule has 0 aliphatic heterocycles. The van der Waals surface area contributed by atoms with E-state index in [0.29, 0.717) is 73.1 Å². The lowest BCUT2D eigenvalue weighted by Crippen LogP contribution is -2.17. The first-order valence-electron chi connectivity index (χ1n) is 35.5. The maximum atomic E-state index is 10.6. The van der Waals surface area contributed by atoms with Crippen LogP contribution in [0.4, 0.5) is 0 Å². The van der Waals surface area contributed by atoms with Gasteiger partial charge in [0.2, 0.25) is 0 Å². The minimum absolute atomic E-state index is 0.0448. The summed E-state index contributed by atoms with van der Waals surface area (Å²) < 4.78 is 47.4. The Morgan fingerprint density at radius 1 is 0.224 bits per heavy atom. The maximum absolute atomic E-state index is 10.6. The van der Waals surface area contributed by atoms with E-state index < -0.39 is 6.10 Å². The van der Waals surface area contributed by atoms with Crippen LogP contribution in [0.15, 0.2) is 152 Å². The van der Waals surface area contributed by atoms with Crippen molar-refractivity contribution >= 4 is 0 Å². The van der Waals surface area contributed by atoms with Crippen LogP contribution in [0.2, 0.25) is 0 Å². The molecule has 98 heavy (non-hydrogen) atoms. The van der Waals surface area contributed by atoms with Crippen molar-refractivity contribution in [2.45, 2.75) is 275 Å². The van der Waals surface area contributed by atoms with Crippen molar-refractivity contribution in [2.24, 2.45) is 0 Å². The minimum atomic E-state index is -0.541. The number of hydrogen-bond acceptors (Lipinski definition) is 8. The van der Waals surface area contributed by atoms with Crippen LogP contribution in [0, 0.1) is 0 Å². The SMILES string of the molecule is CC[C@@H](O)c1ccc(OCc2cc(OCc3cc(OCc4cc(C(C)(C)C)cc(C(C)(C)C)c4)cc(OCc4cc(C(C)(C)C)cc(C(C)(C)C)c4)c3)cc(OCc3cc(OCc4cc(C(C)(C)C)cc(C(C)(C)C)c4)cc(OCc4cc(C(C)(C)C)cc(C(C)(C)C)c4)c3)c2)cc1. The van der Waals surface area contributed by atoms with E-state index in [9.17, 15) is 5.11 Å². The third-order valence-corrected chi connectivity index (χ3v) is 18.2. The molecule has 1 N–H and O–H groups in total. The fourth-order valence-electron chi connectivity index (χ4n) is 11.4. The highest BCUT2D eigenvalue weighted by Crippen LogP contribution is 2.38. The van der Waals surface area contributed by atoms with E-state index in [1.165, 1.54) is 44.5 Å². The summed E-state index contributed by atoms with van der Waals surface area (Å²) in [5, 5.41) is 10.6. The van der Waals surface area contributed by atoms with Crippen molar-refractivity contribution in [1.82, 2.24) is 0 Å². The Morgan fingerprint density at radius 2 is 0.388 bits per heavy atom. The zero-order chi connectivity index (χ0) is 72.1. The summed E-state index contributed by atoms with van der Waals surface area (Å²) >= 11 is 0. The molecule has 0 aliphatic carbocycles. The van der Waals surface area contributed by atoms with Gasteiger partial charge in [-0.25, -0.2) is 0 Å². The number of aliphatic hydroxyl groups excluding tert-OH is 1. The highest BCUT2D eigenvalue weighted by atomic mass is 16.5. The van der Waals surface area contributed by atoms with E-state index >= 15 is 0 Å². The van der Waals surface area contributed by atoms with Crippen LogP contribution >= 0.6 is 0 Å². The zero-order valence-corrected chi connectivity index (χ0v) is 64.5. The Kier molecular flexibility index (Phi) is 23.3. The molecule has 0 aliphatic rings. The lowest BCUT2D eigenvalue weighted by molar-refractivity contribution is 0.173. The van der Waals surface area contributed by atoms with Crippen LogP contribution in [0.3, 0.4) is 0 Å². The molecule has 0 radical (unpaired) electrons. The van der Waals surface area contributed by atoms with Gasteiger partial charge in [-0.15, -0.1) is 0 Å². The van der Waals surface area contributed by atoms with Crippen LogP contribution in [0.5, 0.6) is 40.2 Å². The molecule has 8 heteroatoms. The van der Waals surface area contributed by atoms with Crippen molar-refractivity contribution in [2.75, 3.05) is 0 Å². The molecule has 0 heterocycles. The molecular weight excluding hydrogens is 1210 g/mol. The predicted octanol–water partition coefficient (Wildman–Crippen LogP) is 23.6. The van der Waals surface area contributed by atoms with Gasteiger partial charge < -0.3 is 38.3 Å². The second kappa shape index (κ2) is 30.0. The quantitative estimate of drug-likeness (QED) is 0.0678. The van der Waals surface area contributed by atoms with Crippen LogP contribution in [0.1, 0.15) is 275 Å². The molecule has 0 bridgehead atoms. The van der Waals surface area contributed by atoms with Gasteiger partial charge in [0.1, 0.15) is 86.5 Å². The van der Waals surface area contributed by atoms with Gasteiger partial charge >= 0.3 is 0 Å². The van der Waals surface area contributed by atoms with E-state index in [4.69, 9.17) is 33.2 Å². The van der Waals surface area contributed by atoms with Crippen molar-refractivity contribution in [1.29, 1.82) is 0 Å². The number of benzene rings is 8. The van der Waals surface area contributed by atoms with E-state index in [1.54, 1.807) is 0 Å². The van der Waals surface area contributed by atoms with Gasteiger partial charge in [-0.05, 0) is 187 Å². The first-order valence-corrected chi connectivity index (χ1v) is 35.5. The minimum Gasteiger partial charge on any atom is -0.489 e. The second-order valence-electron chi connectivity index (χ2n) is 35.6. The van der Waals surface area contributed by atoms with Gasteiger partial charge in [0.25, 0.3) is 0 Å². The van der Waals surface area contributed by atoms with E-state index in [-0.39, 0.29) is 63.1 Å². The van der Waals surface area contributed by atoms with Crippen molar-refractivity contribution in [3.63, 3.8) is 0 Å². The van der Waals surface area contributed by atoms with E-state index in [0.717, 1.165) is 44.5 Å². The topological polar surface area (TPSA) is 84.8 Å². The molecule has 8 rings (SSSR count). The summed E-state index contributed by atoms with van der Waals surface area (Å²) in [4.78, 5) is 0. The van der Waals surface area contributed by atoms with Crippen LogP contribution in [-0.4, -0.2) is 5.11 Å². The summed E-state index contributed by atoms with van der Waals surface area (Å²) in [6, 6.07) is 53.4. The largest absolute Gasteiger partial charge is 0.489 e. The Morgan fingerprint density at radius 3 is 0.551 bits per heavy atom. The summed E-state index contributed by atoms with van der Waals surface area (Å²) in [6.07, 6.45) is 0.0815. The molecule has 8 aromatic carbocycles. The zero-order valence-electron chi connectivity index (χ0n) is 64.5. The predicted molar refractivity (Wildman–Crippen MR) is 407 cm³/mol. The average molecular weight is 1330 g/mol. The lowest BCUT2D eigenvalue weighted by Gasteiger charge is -2.26. The summed E-state index contributed by atoms with van der Waals surface area (Å²) in [5.41, 5.74) is 17.7. The fraction of sp³-hybridized carbons (Fsp3) is 0.467. The highest BCUT2D eigenvalue weighted by molar-refractivity contribution is 5.46. The van der Waals surface area contributed by atoms with Gasteiger partial charge in [-0.2, -0.15) is 0 Å². The molecule has 0 unspecified atom stereocenters. The average Bonchev–Trinajstić information content (AvgIpc) is 0.818. The van der Waals surface area contributed by atoms with Crippen LogP contribution in [0.25, 0.3) is 0 Å². The number of rotatable bonds is 23. The molecular formula is C90H118O8. The van der Waals surface area contributed by atoms with Gasteiger partial charge in [0, 0.05) is 18.2 Å². The maximum Gasteiger partial charge on any atom is 0.123 e. The molecule has 0 aromatic heterocycles. The summed E-state index contributed by atoms with van der Waals surface area (Å²) in [5.74, 6) is 4.59. The molecule has 0 amide bonds. The van der Waals surface area contributed by atoms with Crippen LogP contribution < -0.4 is 33.2 Å². The van der Waals surface area contributed by atoms with Gasteiger partial charge in [0.15, 0.2) is 0 Å². The van der Waals surface area contributed by atoms with Crippen molar-refractivity contribution in [3.8, 4) is 40.2 Å². The van der Waals surface area contributed by atoms with E-state index in [1.807, 2.05) is 61.5 Å². The molecule has 0 saturated heterocycles. The monoisotopic (exact) mass is 1330 g/mol. The lowest BCUT2D eigenvalue weighted by atomic mass is 9.79. The van der Waals surface area contributed by atoms with Crippen molar-refractivity contribution < 1.29 is 38.3 Å². The van der Waals surface area contributed by atoms with Gasteiger partial charge in [-0.1, -0.05) is 258 Å². The van der Waals surface area contributed by atoms with Gasteiger partial charge in [0.05, 0.1) is 6.10 Å². The summed E-state index contributed by atoms with van der Waals surface area (Å²) in [6.45, 7) is 58.4. The molecule has 1 atom stereocenters. The molecule has 8 nitrogen and oxygen atoms in total.